The number of carbonyl (C=O) groups is 1. The van der Waals surface area contributed by atoms with Gasteiger partial charge in [0, 0.05) is 30.4 Å². The van der Waals surface area contributed by atoms with E-state index in [4.69, 9.17) is 4.74 Å². The molecule has 2 aliphatic rings. The highest BCUT2D eigenvalue weighted by atomic mass is 32.2. The summed E-state index contributed by atoms with van der Waals surface area (Å²) in [4.78, 5) is 14.1. The Balaban J connectivity index is 1.82. The van der Waals surface area contributed by atoms with Gasteiger partial charge in [0.2, 0.25) is 15.9 Å². The molecule has 2 aromatic rings. The summed E-state index contributed by atoms with van der Waals surface area (Å²) in [5, 5.41) is 3.12. The van der Waals surface area contributed by atoms with Crippen molar-refractivity contribution in [3.8, 4) is 11.5 Å². The quantitative estimate of drug-likeness (QED) is 0.695. The van der Waals surface area contributed by atoms with Crippen LogP contribution >= 0.6 is 0 Å². The number of benzene rings is 2. The van der Waals surface area contributed by atoms with Crippen LogP contribution in [0.15, 0.2) is 54.9 Å². The highest BCUT2D eigenvalue weighted by molar-refractivity contribution is 7.92. The molecule has 4 rings (SSSR count). The molecule has 2 aliphatic heterocycles. The fourth-order valence-corrected chi connectivity index (χ4v) is 4.64. The van der Waals surface area contributed by atoms with Gasteiger partial charge in [0.05, 0.1) is 5.75 Å². The summed E-state index contributed by atoms with van der Waals surface area (Å²) >= 11 is 0. The maximum Gasteiger partial charge on any atom is 0.249 e. The average Bonchev–Trinajstić information content (AvgIpc) is 3.24. The number of hydrogen-bond acceptors (Lipinski definition) is 5. The van der Waals surface area contributed by atoms with Crippen molar-refractivity contribution in [2.75, 3.05) is 17.5 Å². The normalized spacial score (nSPS) is 19.9. The van der Waals surface area contributed by atoms with Gasteiger partial charge in [-0.1, -0.05) is 23.8 Å². The first-order valence-electron chi connectivity index (χ1n) is 10.5. The Kier molecular flexibility index (Phi) is 5.73. The van der Waals surface area contributed by atoms with E-state index in [0.717, 1.165) is 28.0 Å². The van der Waals surface area contributed by atoms with Crippen LogP contribution in [0.3, 0.4) is 0 Å². The van der Waals surface area contributed by atoms with Crippen molar-refractivity contribution in [2.24, 2.45) is 5.92 Å². The third-order valence-electron chi connectivity index (χ3n) is 5.74. The van der Waals surface area contributed by atoms with E-state index < -0.39 is 16.1 Å². The molecule has 32 heavy (non-hydrogen) atoms. The summed E-state index contributed by atoms with van der Waals surface area (Å²) in [6.45, 7) is 5.60. The van der Waals surface area contributed by atoms with Crippen LogP contribution in [0.2, 0.25) is 0 Å². The topological polar surface area (TPSA) is 87.7 Å². The molecule has 0 saturated heterocycles. The van der Waals surface area contributed by atoms with Crippen LogP contribution in [0.25, 0.3) is 5.57 Å². The van der Waals surface area contributed by atoms with E-state index in [1.807, 2.05) is 38.1 Å². The summed E-state index contributed by atoms with van der Waals surface area (Å²) in [7, 11) is -1.73. The molecule has 0 fully saturated rings. The third kappa shape index (κ3) is 4.23. The molecule has 8 heteroatoms. The minimum absolute atomic E-state index is 0.0246. The average molecular weight is 454 g/mol. The number of ether oxygens (including phenoxy) is 1. The smallest absolute Gasteiger partial charge is 0.249 e. The van der Waals surface area contributed by atoms with Gasteiger partial charge in [-0.25, -0.2) is 8.42 Å². The van der Waals surface area contributed by atoms with E-state index in [1.54, 1.807) is 49.5 Å². The second-order valence-electron chi connectivity index (χ2n) is 8.15. The molecule has 0 spiro atoms. The first kappa shape index (κ1) is 22.0. The van der Waals surface area contributed by atoms with Gasteiger partial charge in [0.1, 0.15) is 17.5 Å². The predicted molar refractivity (Wildman–Crippen MR) is 126 cm³/mol. The van der Waals surface area contributed by atoms with Crippen molar-refractivity contribution in [1.82, 2.24) is 10.2 Å². The van der Waals surface area contributed by atoms with Crippen molar-refractivity contribution in [1.29, 1.82) is 0 Å². The molecule has 7 nitrogen and oxygen atoms in total. The van der Waals surface area contributed by atoms with Crippen LogP contribution in [0.5, 0.6) is 11.5 Å². The molecule has 168 valence electrons. The van der Waals surface area contributed by atoms with E-state index >= 15 is 0 Å². The second kappa shape index (κ2) is 8.35. The Bertz CT molecular complexity index is 1230. The van der Waals surface area contributed by atoms with Gasteiger partial charge in [0.15, 0.2) is 0 Å². The Morgan fingerprint density at radius 2 is 1.88 bits per heavy atom. The summed E-state index contributed by atoms with van der Waals surface area (Å²) in [6.07, 6.45) is 5.53. The first-order valence-corrected chi connectivity index (χ1v) is 12.1. The third-order valence-corrected chi connectivity index (χ3v) is 7.05. The fraction of sp³-hybridized carbons (Fsp3) is 0.292. The van der Waals surface area contributed by atoms with Crippen molar-refractivity contribution >= 4 is 27.2 Å². The molecule has 0 saturated carbocycles. The zero-order valence-corrected chi connectivity index (χ0v) is 19.4. The molecule has 2 aromatic carbocycles. The number of aryl methyl sites for hydroxylation is 2. The maximum absolute atomic E-state index is 12.6. The Morgan fingerprint density at radius 3 is 2.59 bits per heavy atom. The lowest BCUT2D eigenvalue weighted by molar-refractivity contribution is -0.130. The Hall–Kier alpha value is -3.26. The number of nitrogens with zero attached hydrogens (tertiary/aromatic N) is 1. The molecule has 2 atom stereocenters. The molecule has 1 amide bonds. The molecular formula is C24H27N3O4S. The van der Waals surface area contributed by atoms with Gasteiger partial charge in [0.25, 0.3) is 0 Å². The molecular weight excluding hydrogens is 426 g/mol. The van der Waals surface area contributed by atoms with Crippen LogP contribution in [-0.4, -0.2) is 38.1 Å². The second-order valence-corrected chi connectivity index (χ2v) is 10.2. The zero-order chi connectivity index (χ0) is 23.0. The van der Waals surface area contributed by atoms with Crippen LogP contribution in [0, 0.1) is 19.8 Å². The molecule has 0 aliphatic carbocycles. The van der Waals surface area contributed by atoms with E-state index in [1.165, 1.54) is 0 Å². The molecule has 2 heterocycles. The highest BCUT2D eigenvalue weighted by Gasteiger charge is 2.38. The molecule has 0 aromatic heterocycles. The van der Waals surface area contributed by atoms with Crippen LogP contribution in [0.4, 0.5) is 5.69 Å². The molecule has 0 bridgehead atoms. The van der Waals surface area contributed by atoms with E-state index in [0.29, 0.717) is 11.4 Å². The number of rotatable bonds is 6. The highest BCUT2D eigenvalue weighted by Crippen LogP contribution is 2.41. The molecule has 0 radical (unpaired) electrons. The number of carbonyl (C=O) groups excluding carboxylic acids is 1. The minimum atomic E-state index is -3.44. The SMILES string of the molecule is CCS(=O)(=O)Nc1ccc(Oc2ccc(C)cc2C)c(C2=CN(C)C(=O)C3NC=CC23)c1. The summed E-state index contributed by atoms with van der Waals surface area (Å²) < 4.78 is 33.2. The van der Waals surface area contributed by atoms with Crippen molar-refractivity contribution in [3.63, 3.8) is 0 Å². The number of sulfonamides is 1. The van der Waals surface area contributed by atoms with Gasteiger partial charge in [-0.15, -0.1) is 0 Å². The van der Waals surface area contributed by atoms with Crippen LogP contribution in [0.1, 0.15) is 23.6 Å². The lowest BCUT2D eigenvalue weighted by Gasteiger charge is -2.32. The van der Waals surface area contributed by atoms with Gasteiger partial charge in [-0.05, 0) is 62.4 Å². The number of hydrogen-bond donors (Lipinski definition) is 2. The van der Waals surface area contributed by atoms with Crippen molar-refractivity contribution < 1.29 is 17.9 Å². The lowest BCUT2D eigenvalue weighted by Crippen LogP contribution is -2.46. The first-order chi connectivity index (χ1) is 15.2. The number of nitrogens with one attached hydrogen (secondary N) is 2. The monoisotopic (exact) mass is 453 g/mol. The van der Waals surface area contributed by atoms with Crippen molar-refractivity contribution in [3.05, 3.63) is 71.6 Å². The minimum Gasteiger partial charge on any atom is -0.456 e. The Labute approximate surface area is 188 Å². The van der Waals surface area contributed by atoms with Gasteiger partial charge in [-0.2, -0.15) is 0 Å². The standard InChI is InChI=1S/C24H27N3O4S/c1-5-32(29,30)26-17-7-9-22(31-21-8-6-15(2)12-16(21)3)19(13-17)20-14-27(4)24(28)23-18(20)10-11-25-23/h6-14,18,23,25-26H,5H2,1-4H3. The van der Waals surface area contributed by atoms with Gasteiger partial charge < -0.3 is 15.0 Å². The van der Waals surface area contributed by atoms with Crippen molar-refractivity contribution in [2.45, 2.75) is 26.8 Å². The number of amides is 1. The lowest BCUT2D eigenvalue weighted by atomic mass is 9.85. The van der Waals surface area contributed by atoms with Gasteiger partial charge in [-0.3, -0.25) is 9.52 Å². The van der Waals surface area contributed by atoms with E-state index in [2.05, 4.69) is 10.0 Å². The summed E-state index contributed by atoms with van der Waals surface area (Å²) in [5.41, 5.74) is 4.18. The van der Waals surface area contributed by atoms with E-state index in [-0.39, 0.29) is 17.6 Å². The summed E-state index contributed by atoms with van der Waals surface area (Å²) in [5.74, 6) is 1.07. The van der Waals surface area contributed by atoms with Crippen LogP contribution < -0.4 is 14.8 Å². The fourth-order valence-electron chi connectivity index (χ4n) is 4.00. The van der Waals surface area contributed by atoms with Gasteiger partial charge >= 0.3 is 0 Å². The van der Waals surface area contributed by atoms with E-state index in [9.17, 15) is 13.2 Å². The zero-order valence-electron chi connectivity index (χ0n) is 18.5. The predicted octanol–water partition coefficient (Wildman–Crippen LogP) is 3.77. The Morgan fingerprint density at radius 1 is 1.12 bits per heavy atom. The molecule has 2 N–H and O–H groups in total. The number of likely N-dealkylation sites (N-methyl/N-ethyl adjacent to an activating group) is 1. The number of anilines is 1. The largest absolute Gasteiger partial charge is 0.456 e. The van der Waals surface area contributed by atoms with Crippen LogP contribution in [-0.2, 0) is 14.8 Å². The number of fused-ring (bicyclic) bond motifs is 1. The summed E-state index contributed by atoms with van der Waals surface area (Å²) in [6, 6.07) is 10.8. The molecule has 2 unspecified atom stereocenters. The maximum atomic E-state index is 12.6.